The third-order valence-electron chi connectivity index (χ3n) is 3.62. The summed E-state index contributed by atoms with van der Waals surface area (Å²) < 4.78 is 6.47. The second kappa shape index (κ2) is 7.27. The Labute approximate surface area is 124 Å². The molecule has 0 spiro atoms. The number of hydrogen-bond acceptors (Lipinski definition) is 3. The molecule has 1 N–H and O–H groups in total. The zero-order valence-corrected chi connectivity index (χ0v) is 13.4. The second-order valence-corrected chi connectivity index (χ2v) is 5.99. The highest BCUT2D eigenvalue weighted by atomic mass is 79.9. The maximum atomic E-state index is 5.31. The summed E-state index contributed by atoms with van der Waals surface area (Å²) in [6, 6.07) is 6.83. The molecule has 19 heavy (non-hydrogen) atoms. The molecule has 4 heteroatoms. The van der Waals surface area contributed by atoms with Crippen molar-refractivity contribution in [3.8, 4) is 5.75 Å². The van der Waals surface area contributed by atoms with Crippen LogP contribution in [0.2, 0.25) is 0 Å². The average molecular weight is 327 g/mol. The van der Waals surface area contributed by atoms with Crippen LogP contribution in [0.15, 0.2) is 22.7 Å². The van der Waals surface area contributed by atoms with Crippen LogP contribution in [0.4, 0.5) is 0 Å². The number of halogens is 1. The third-order valence-corrected chi connectivity index (χ3v) is 4.40. The largest absolute Gasteiger partial charge is 0.497 e. The van der Waals surface area contributed by atoms with Crippen LogP contribution in [0.25, 0.3) is 0 Å². The van der Waals surface area contributed by atoms with Gasteiger partial charge in [-0.05, 0) is 30.2 Å². The molecule has 1 fully saturated rings. The molecule has 1 aliphatic heterocycles. The summed E-state index contributed by atoms with van der Waals surface area (Å²) >= 11 is 3.63. The number of rotatable bonds is 5. The summed E-state index contributed by atoms with van der Waals surface area (Å²) in [5.41, 5.74) is 1.30. The summed E-state index contributed by atoms with van der Waals surface area (Å²) in [5, 5.41) is 3.59. The van der Waals surface area contributed by atoms with Crippen LogP contribution < -0.4 is 10.1 Å². The molecule has 0 saturated carbocycles. The van der Waals surface area contributed by atoms with Crippen molar-refractivity contribution in [1.29, 1.82) is 0 Å². The Morgan fingerprint density at radius 1 is 1.47 bits per heavy atom. The fourth-order valence-electron chi connectivity index (χ4n) is 2.62. The zero-order chi connectivity index (χ0) is 13.7. The minimum absolute atomic E-state index is 0.642. The lowest BCUT2D eigenvalue weighted by atomic mass is 10.1. The molecule has 0 amide bonds. The summed E-state index contributed by atoms with van der Waals surface area (Å²) in [6.07, 6.45) is 2.50. The quantitative estimate of drug-likeness (QED) is 0.900. The first-order valence-electron chi connectivity index (χ1n) is 7.01. The highest BCUT2D eigenvalue weighted by Crippen LogP contribution is 2.24. The van der Waals surface area contributed by atoms with Crippen LogP contribution in [0.1, 0.15) is 25.3 Å². The third kappa shape index (κ3) is 4.20. The molecule has 3 nitrogen and oxygen atoms in total. The Bertz CT molecular complexity index is 409. The van der Waals surface area contributed by atoms with Gasteiger partial charge in [0.25, 0.3) is 0 Å². The molecule has 0 aliphatic carbocycles. The van der Waals surface area contributed by atoms with Crippen LogP contribution in [0.5, 0.6) is 5.75 Å². The normalized spacial score (nSPS) is 20.5. The number of nitrogens with zero attached hydrogens (tertiary/aromatic N) is 1. The lowest BCUT2D eigenvalue weighted by Crippen LogP contribution is -2.50. The molecule has 1 aromatic carbocycles. The monoisotopic (exact) mass is 326 g/mol. The summed E-state index contributed by atoms with van der Waals surface area (Å²) in [6.45, 7) is 6.58. The minimum Gasteiger partial charge on any atom is -0.497 e. The van der Waals surface area contributed by atoms with Crippen molar-refractivity contribution in [3.05, 3.63) is 28.2 Å². The van der Waals surface area contributed by atoms with Crippen molar-refractivity contribution >= 4 is 15.9 Å². The molecule has 1 atom stereocenters. The molecule has 0 bridgehead atoms. The van der Waals surface area contributed by atoms with E-state index in [1.165, 1.54) is 22.9 Å². The van der Waals surface area contributed by atoms with Gasteiger partial charge in [0, 0.05) is 36.7 Å². The molecule has 1 aromatic rings. The summed E-state index contributed by atoms with van der Waals surface area (Å²) in [7, 11) is 1.72. The van der Waals surface area contributed by atoms with Gasteiger partial charge in [-0.3, -0.25) is 4.90 Å². The van der Waals surface area contributed by atoms with Crippen molar-refractivity contribution < 1.29 is 4.74 Å². The van der Waals surface area contributed by atoms with Crippen molar-refractivity contribution in [2.75, 3.05) is 26.7 Å². The van der Waals surface area contributed by atoms with Gasteiger partial charge in [0.05, 0.1) is 7.11 Å². The van der Waals surface area contributed by atoms with Crippen molar-refractivity contribution in [2.24, 2.45) is 0 Å². The highest BCUT2D eigenvalue weighted by molar-refractivity contribution is 9.10. The molecule has 1 aliphatic rings. The standard InChI is InChI=1S/C15H23BrN2O/c1-3-4-13-11-18(8-7-17-13)10-12-9-14(19-2)5-6-15(12)16/h5-6,9,13,17H,3-4,7-8,10-11H2,1-2H3. The van der Waals surface area contributed by atoms with E-state index in [2.05, 4.69) is 45.2 Å². The Balaban J connectivity index is 2.00. The maximum Gasteiger partial charge on any atom is 0.119 e. The van der Waals surface area contributed by atoms with E-state index < -0.39 is 0 Å². The molecule has 1 saturated heterocycles. The molecular formula is C15H23BrN2O. The van der Waals surface area contributed by atoms with E-state index in [9.17, 15) is 0 Å². The Morgan fingerprint density at radius 2 is 2.32 bits per heavy atom. The molecule has 1 unspecified atom stereocenters. The Kier molecular flexibility index (Phi) is 5.67. The first kappa shape index (κ1) is 14.8. The number of piperazine rings is 1. The lowest BCUT2D eigenvalue weighted by molar-refractivity contribution is 0.186. The van der Waals surface area contributed by atoms with Gasteiger partial charge in [-0.2, -0.15) is 0 Å². The topological polar surface area (TPSA) is 24.5 Å². The van der Waals surface area contributed by atoms with Crippen molar-refractivity contribution in [3.63, 3.8) is 0 Å². The fraction of sp³-hybridized carbons (Fsp3) is 0.600. The first-order chi connectivity index (χ1) is 9.22. The van der Waals surface area contributed by atoms with Crippen LogP contribution in [-0.4, -0.2) is 37.7 Å². The van der Waals surface area contributed by atoms with Gasteiger partial charge >= 0.3 is 0 Å². The van der Waals surface area contributed by atoms with Crippen molar-refractivity contribution in [1.82, 2.24) is 10.2 Å². The van der Waals surface area contributed by atoms with E-state index in [1.54, 1.807) is 7.11 Å². The van der Waals surface area contributed by atoms with E-state index >= 15 is 0 Å². The van der Waals surface area contributed by atoms with Gasteiger partial charge in [0.1, 0.15) is 5.75 Å². The van der Waals surface area contributed by atoms with Crippen LogP contribution in [0, 0.1) is 0 Å². The van der Waals surface area contributed by atoms with E-state index in [0.717, 1.165) is 31.9 Å². The SMILES string of the molecule is CCCC1CN(Cc2cc(OC)ccc2Br)CCN1. The van der Waals surface area contributed by atoms with E-state index in [0.29, 0.717) is 6.04 Å². The number of benzene rings is 1. The van der Waals surface area contributed by atoms with E-state index in [1.807, 2.05) is 6.07 Å². The number of hydrogen-bond donors (Lipinski definition) is 1. The molecule has 0 radical (unpaired) electrons. The van der Waals surface area contributed by atoms with Crippen molar-refractivity contribution in [2.45, 2.75) is 32.4 Å². The van der Waals surface area contributed by atoms with Gasteiger partial charge in [-0.1, -0.05) is 29.3 Å². The fourth-order valence-corrected chi connectivity index (χ4v) is 2.99. The van der Waals surface area contributed by atoms with Gasteiger partial charge in [0.2, 0.25) is 0 Å². The zero-order valence-electron chi connectivity index (χ0n) is 11.8. The second-order valence-electron chi connectivity index (χ2n) is 5.13. The maximum absolute atomic E-state index is 5.31. The summed E-state index contributed by atoms with van der Waals surface area (Å²) in [4.78, 5) is 2.52. The molecule has 2 rings (SSSR count). The molecule has 0 aromatic heterocycles. The van der Waals surface area contributed by atoms with Gasteiger partial charge < -0.3 is 10.1 Å². The summed E-state index contributed by atoms with van der Waals surface area (Å²) in [5.74, 6) is 0.929. The van der Waals surface area contributed by atoms with E-state index in [4.69, 9.17) is 4.74 Å². The van der Waals surface area contributed by atoms with Crippen LogP contribution in [-0.2, 0) is 6.54 Å². The van der Waals surface area contributed by atoms with Gasteiger partial charge in [0.15, 0.2) is 0 Å². The number of ether oxygens (including phenoxy) is 1. The van der Waals surface area contributed by atoms with E-state index in [-0.39, 0.29) is 0 Å². The molecular weight excluding hydrogens is 304 g/mol. The number of nitrogens with one attached hydrogen (secondary N) is 1. The highest BCUT2D eigenvalue weighted by Gasteiger charge is 2.19. The first-order valence-corrected chi connectivity index (χ1v) is 7.80. The smallest absolute Gasteiger partial charge is 0.119 e. The Morgan fingerprint density at radius 3 is 3.05 bits per heavy atom. The molecule has 1 heterocycles. The number of methoxy groups -OCH3 is 1. The van der Waals surface area contributed by atoms with Crippen LogP contribution >= 0.6 is 15.9 Å². The predicted molar refractivity (Wildman–Crippen MR) is 82.7 cm³/mol. The molecule has 106 valence electrons. The average Bonchev–Trinajstić information content (AvgIpc) is 2.42. The Hall–Kier alpha value is -0.580. The van der Waals surface area contributed by atoms with Crippen LogP contribution in [0.3, 0.4) is 0 Å². The minimum atomic E-state index is 0.642. The predicted octanol–water partition coefficient (Wildman–Crippen LogP) is 3.03. The van der Waals surface area contributed by atoms with Gasteiger partial charge in [-0.15, -0.1) is 0 Å². The lowest BCUT2D eigenvalue weighted by Gasteiger charge is -2.33. The van der Waals surface area contributed by atoms with Gasteiger partial charge in [-0.25, -0.2) is 0 Å².